The Kier molecular flexibility index (Phi) is 7.61. The van der Waals surface area contributed by atoms with Crippen LogP contribution >= 0.6 is 0 Å². The van der Waals surface area contributed by atoms with Crippen molar-refractivity contribution >= 4 is 5.91 Å². The van der Waals surface area contributed by atoms with Gasteiger partial charge in [0.2, 0.25) is 5.91 Å². The van der Waals surface area contributed by atoms with Gasteiger partial charge in [0.25, 0.3) is 0 Å². The van der Waals surface area contributed by atoms with Gasteiger partial charge in [0.05, 0.1) is 24.3 Å². The van der Waals surface area contributed by atoms with Crippen molar-refractivity contribution in [2.24, 2.45) is 11.8 Å². The summed E-state index contributed by atoms with van der Waals surface area (Å²) in [7, 11) is 0. The first-order valence-electron chi connectivity index (χ1n) is 14.4. The number of alkyl halides is 3. The Hall–Kier alpha value is -3.14. The highest BCUT2D eigenvalue weighted by Gasteiger charge is 2.54. The molecule has 1 amide bonds. The first kappa shape index (κ1) is 30.3. The number of hydrazine groups is 1. The van der Waals surface area contributed by atoms with Gasteiger partial charge in [-0.3, -0.25) is 15.1 Å². The number of fused-ring (bicyclic) bond motifs is 1. The van der Waals surface area contributed by atoms with Crippen LogP contribution in [0.2, 0.25) is 0 Å². The van der Waals surface area contributed by atoms with Crippen molar-refractivity contribution in [3.8, 4) is 6.07 Å². The summed E-state index contributed by atoms with van der Waals surface area (Å²) in [6, 6.07) is 5.31. The van der Waals surface area contributed by atoms with Crippen LogP contribution in [0.3, 0.4) is 0 Å². The van der Waals surface area contributed by atoms with Crippen LogP contribution in [0, 0.1) is 23.2 Å². The molecule has 2 aromatic heterocycles. The Labute approximate surface area is 244 Å². The van der Waals surface area contributed by atoms with Crippen LogP contribution < -0.4 is 16.1 Å². The summed E-state index contributed by atoms with van der Waals surface area (Å²) >= 11 is 0. The van der Waals surface area contributed by atoms with Crippen LogP contribution in [0.15, 0.2) is 24.4 Å². The Balaban J connectivity index is 1.41. The number of amides is 1. The SMILES string of the molecule is C[C@@H](c1ccc(C(F)(F)F)nc1)N1NC(C#N)C2C(=O)NC([C@@H]3CC[C@H]3c3nc(C(C)(C)C)cc(C(C)(C)C)n3)NC21. The van der Waals surface area contributed by atoms with Crippen LogP contribution in [-0.4, -0.2) is 44.2 Å². The molecule has 1 saturated carbocycles. The normalized spacial score (nSPS) is 29.3. The number of nitrogens with zero attached hydrogens (tertiary/aromatic N) is 5. The van der Waals surface area contributed by atoms with E-state index in [1.165, 1.54) is 12.3 Å². The van der Waals surface area contributed by atoms with E-state index in [0.717, 1.165) is 36.1 Å². The molecule has 0 radical (unpaired) electrons. The number of rotatable bonds is 4. The summed E-state index contributed by atoms with van der Waals surface area (Å²) < 4.78 is 39.2. The number of nitriles is 1. The molecule has 2 saturated heterocycles. The van der Waals surface area contributed by atoms with E-state index in [4.69, 9.17) is 9.97 Å². The molecule has 5 rings (SSSR count). The molecular formula is C30H39F3N8O. The molecule has 2 aliphatic heterocycles. The molecule has 0 aromatic carbocycles. The van der Waals surface area contributed by atoms with E-state index in [1.54, 1.807) is 5.01 Å². The van der Waals surface area contributed by atoms with Gasteiger partial charge in [-0.1, -0.05) is 47.6 Å². The highest BCUT2D eigenvalue weighted by Crippen LogP contribution is 2.45. The van der Waals surface area contributed by atoms with Crippen LogP contribution in [0.1, 0.15) is 102 Å². The van der Waals surface area contributed by atoms with E-state index in [1.807, 2.05) is 6.92 Å². The molecule has 1 aliphatic carbocycles. The number of nitrogens with one attached hydrogen (secondary N) is 3. The predicted molar refractivity (Wildman–Crippen MR) is 149 cm³/mol. The van der Waals surface area contributed by atoms with Crippen molar-refractivity contribution in [3.63, 3.8) is 0 Å². The molecule has 3 aliphatic rings. The molecule has 226 valence electrons. The molecule has 12 heteroatoms. The molecule has 2 aromatic rings. The smallest absolute Gasteiger partial charge is 0.340 e. The number of halogens is 3. The minimum Gasteiger partial charge on any atom is -0.340 e. The third-order valence-electron chi connectivity index (χ3n) is 8.72. The van der Waals surface area contributed by atoms with E-state index in [-0.39, 0.29) is 28.6 Å². The number of hydrogen-bond donors (Lipinski definition) is 3. The van der Waals surface area contributed by atoms with Gasteiger partial charge in [-0.2, -0.15) is 18.4 Å². The third kappa shape index (κ3) is 5.62. The maximum Gasteiger partial charge on any atom is 0.433 e. The quantitative estimate of drug-likeness (QED) is 0.483. The van der Waals surface area contributed by atoms with E-state index in [9.17, 15) is 23.2 Å². The molecule has 0 spiro atoms. The average Bonchev–Trinajstić information content (AvgIpc) is 3.25. The Morgan fingerprint density at radius 1 is 1.02 bits per heavy atom. The monoisotopic (exact) mass is 584 g/mol. The number of carbonyl (C=O) groups is 1. The average molecular weight is 585 g/mol. The standard InChI is InChI=1S/C30H39F3N8O/c1-15(16-8-11-20(35-14-16)30(31,32)33)41-26-23(19(13-34)40-41)27(42)39-25(38-26)18-10-9-17(18)24-36-21(28(2,3)4)12-22(37-24)29(5,6)7/h8,11-12,14-15,17-19,23,25-26,38,40H,9-10H2,1-7H3,(H,39,42)/t15-,17+,18+,19?,23?,25?,26?/m0/s1. The molecule has 4 unspecified atom stereocenters. The number of hydrogen-bond acceptors (Lipinski definition) is 8. The van der Waals surface area contributed by atoms with Gasteiger partial charge < -0.3 is 5.32 Å². The van der Waals surface area contributed by atoms with Gasteiger partial charge in [0, 0.05) is 46.3 Å². The number of pyridine rings is 1. The van der Waals surface area contributed by atoms with Gasteiger partial charge in [-0.25, -0.2) is 20.4 Å². The second kappa shape index (κ2) is 10.5. The summed E-state index contributed by atoms with van der Waals surface area (Å²) in [5, 5.41) is 18.3. The maximum absolute atomic E-state index is 13.4. The topological polar surface area (TPSA) is 119 Å². The minimum atomic E-state index is -4.54. The molecule has 3 N–H and O–H groups in total. The largest absolute Gasteiger partial charge is 0.433 e. The lowest BCUT2D eigenvalue weighted by Gasteiger charge is -2.47. The lowest BCUT2D eigenvalue weighted by atomic mass is 9.70. The fraction of sp³-hybridized carbons (Fsp3) is 0.633. The molecule has 9 nitrogen and oxygen atoms in total. The zero-order chi connectivity index (χ0) is 30.8. The van der Waals surface area contributed by atoms with Crippen molar-refractivity contribution in [2.45, 2.75) is 109 Å². The highest BCUT2D eigenvalue weighted by atomic mass is 19.4. The number of aromatic nitrogens is 3. The predicted octanol–water partition coefficient (Wildman–Crippen LogP) is 4.44. The number of carbonyl (C=O) groups excluding carboxylic acids is 1. The molecule has 4 heterocycles. The van der Waals surface area contributed by atoms with E-state index >= 15 is 0 Å². The van der Waals surface area contributed by atoms with Crippen LogP contribution in [0.5, 0.6) is 0 Å². The van der Waals surface area contributed by atoms with Crippen LogP contribution in [0.25, 0.3) is 0 Å². The van der Waals surface area contributed by atoms with Gasteiger partial charge in [-0.05, 0) is 37.5 Å². The summed E-state index contributed by atoms with van der Waals surface area (Å²) in [5.74, 6) is -0.101. The van der Waals surface area contributed by atoms with Gasteiger partial charge in [-0.15, -0.1) is 0 Å². The second-order valence-corrected chi connectivity index (χ2v) is 13.8. The fourth-order valence-corrected chi connectivity index (χ4v) is 5.95. The Morgan fingerprint density at radius 3 is 2.14 bits per heavy atom. The molecule has 42 heavy (non-hydrogen) atoms. The van der Waals surface area contributed by atoms with Gasteiger partial charge in [0.15, 0.2) is 0 Å². The molecular weight excluding hydrogens is 545 g/mol. The summed E-state index contributed by atoms with van der Waals surface area (Å²) in [6.45, 7) is 14.6. The second-order valence-electron chi connectivity index (χ2n) is 13.8. The first-order chi connectivity index (χ1) is 19.5. The van der Waals surface area contributed by atoms with Crippen molar-refractivity contribution in [2.75, 3.05) is 0 Å². The van der Waals surface area contributed by atoms with E-state index in [0.29, 0.717) is 5.56 Å². The summed E-state index contributed by atoms with van der Waals surface area (Å²) in [6.07, 6.45) is -2.54. The van der Waals surface area contributed by atoms with Crippen molar-refractivity contribution in [1.82, 2.24) is 36.0 Å². The summed E-state index contributed by atoms with van der Waals surface area (Å²) in [5.41, 5.74) is 4.31. The minimum absolute atomic E-state index is 0.0314. The van der Waals surface area contributed by atoms with E-state index in [2.05, 4.69) is 74.7 Å². The zero-order valence-electron chi connectivity index (χ0n) is 25.0. The molecule has 7 atom stereocenters. The Morgan fingerprint density at radius 2 is 1.67 bits per heavy atom. The first-order valence-corrected chi connectivity index (χ1v) is 14.4. The molecule has 0 bridgehead atoms. The van der Waals surface area contributed by atoms with Gasteiger partial charge >= 0.3 is 6.18 Å². The van der Waals surface area contributed by atoms with Crippen molar-refractivity contribution < 1.29 is 18.0 Å². The van der Waals surface area contributed by atoms with Crippen molar-refractivity contribution in [1.29, 1.82) is 5.26 Å². The summed E-state index contributed by atoms with van der Waals surface area (Å²) in [4.78, 5) is 27.0. The lowest BCUT2D eigenvalue weighted by molar-refractivity contribution is -0.141. The maximum atomic E-state index is 13.4. The van der Waals surface area contributed by atoms with Crippen LogP contribution in [0.4, 0.5) is 13.2 Å². The van der Waals surface area contributed by atoms with Crippen LogP contribution in [-0.2, 0) is 21.8 Å². The van der Waals surface area contributed by atoms with Crippen molar-refractivity contribution in [3.05, 3.63) is 52.9 Å². The molecule has 3 fully saturated rings. The van der Waals surface area contributed by atoms with E-state index < -0.39 is 42.2 Å². The highest BCUT2D eigenvalue weighted by molar-refractivity contribution is 5.82. The third-order valence-corrected chi connectivity index (χ3v) is 8.72. The lowest BCUT2D eigenvalue weighted by Crippen LogP contribution is -2.68. The Bertz CT molecular complexity index is 1340. The fourth-order valence-electron chi connectivity index (χ4n) is 5.95. The zero-order valence-corrected chi connectivity index (χ0v) is 25.0. The van der Waals surface area contributed by atoms with Gasteiger partial charge in [0.1, 0.15) is 17.6 Å².